The quantitative estimate of drug-likeness (QED) is 0.571. The molecule has 5 nitrogen and oxygen atoms in total. The lowest BCUT2D eigenvalue weighted by Crippen LogP contribution is -2.26. The fourth-order valence-corrected chi connectivity index (χ4v) is 3.05. The first-order valence-corrected chi connectivity index (χ1v) is 9.29. The van der Waals surface area contributed by atoms with Crippen LogP contribution < -0.4 is 0 Å². The summed E-state index contributed by atoms with van der Waals surface area (Å²) in [7, 11) is 0. The van der Waals surface area contributed by atoms with E-state index < -0.39 is 11.7 Å². The maximum absolute atomic E-state index is 12.6. The third-order valence-corrected chi connectivity index (χ3v) is 4.16. The normalized spacial score (nSPS) is 11.5. The fraction of sp³-hybridized carbons (Fsp3) is 0.350. The zero-order valence-electron chi connectivity index (χ0n) is 15.5. The van der Waals surface area contributed by atoms with Gasteiger partial charge in [-0.05, 0) is 38.8 Å². The second-order valence-electron chi connectivity index (χ2n) is 7.23. The van der Waals surface area contributed by atoms with E-state index in [1.54, 1.807) is 12.4 Å². The number of hydrogen-bond donors (Lipinski definition) is 0. The minimum atomic E-state index is -0.580. The highest BCUT2D eigenvalue weighted by molar-refractivity contribution is 7.10. The minimum Gasteiger partial charge on any atom is -0.443 e. The van der Waals surface area contributed by atoms with Gasteiger partial charge in [0.25, 0.3) is 0 Å². The van der Waals surface area contributed by atoms with Gasteiger partial charge >= 0.3 is 6.09 Å². The van der Waals surface area contributed by atoms with Crippen molar-refractivity contribution in [3.8, 4) is 23.1 Å². The van der Waals surface area contributed by atoms with Crippen LogP contribution in [0.15, 0.2) is 29.9 Å². The lowest BCUT2D eigenvalue weighted by molar-refractivity contribution is 0.0544. The molecule has 0 aliphatic heterocycles. The highest BCUT2D eigenvalue weighted by Gasteiger charge is 2.22. The van der Waals surface area contributed by atoms with E-state index in [-0.39, 0.29) is 0 Å². The van der Waals surface area contributed by atoms with Crippen LogP contribution in [0.2, 0.25) is 0 Å². The Kier molecular flexibility index (Phi) is 4.84. The van der Waals surface area contributed by atoms with Gasteiger partial charge in [0.05, 0.1) is 5.69 Å². The van der Waals surface area contributed by atoms with Crippen molar-refractivity contribution in [3.05, 3.63) is 34.9 Å². The zero-order chi connectivity index (χ0) is 18.9. The molecule has 134 valence electrons. The number of ether oxygens (including phenoxy) is 1. The Bertz CT molecular complexity index is 1010. The highest BCUT2D eigenvalue weighted by Crippen LogP contribution is 2.30. The molecule has 0 radical (unpaired) electrons. The molecule has 0 N–H and O–H groups in total. The molecule has 0 atom stereocenters. The Morgan fingerprint density at radius 3 is 2.81 bits per heavy atom. The lowest BCUT2D eigenvalue weighted by Gasteiger charge is -2.19. The first-order valence-electron chi connectivity index (χ1n) is 8.41. The maximum Gasteiger partial charge on any atom is 0.420 e. The molecular formula is C20H21N3O2S. The molecule has 0 bridgehead atoms. The molecule has 0 aromatic carbocycles. The molecule has 0 aliphatic carbocycles. The number of carbonyl (C=O) groups is 1. The summed E-state index contributed by atoms with van der Waals surface area (Å²) in [4.78, 5) is 21.5. The van der Waals surface area contributed by atoms with E-state index in [1.165, 1.54) is 15.9 Å². The first-order chi connectivity index (χ1) is 12.2. The average Bonchev–Trinajstić information content (AvgIpc) is 3.15. The molecule has 3 rings (SSSR count). The van der Waals surface area contributed by atoms with E-state index >= 15 is 0 Å². The van der Waals surface area contributed by atoms with Crippen LogP contribution in [0.1, 0.15) is 39.6 Å². The third-order valence-electron chi connectivity index (χ3n) is 3.40. The van der Waals surface area contributed by atoms with Gasteiger partial charge in [0.1, 0.15) is 11.2 Å². The predicted molar refractivity (Wildman–Crippen MR) is 104 cm³/mol. The van der Waals surface area contributed by atoms with Crippen LogP contribution in [0, 0.1) is 17.8 Å². The number of rotatable bonds is 1. The number of pyridine rings is 1. The Hall–Kier alpha value is -2.65. The summed E-state index contributed by atoms with van der Waals surface area (Å²) in [6.07, 6.45) is 2.94. The number of hydrogen-bond acceptors (Lipinski definition) is 5. The second-order valence-corrected chi connectivity index (χ2v) is 8.09. The summed E-state index contributed by atoms with van der Waals surface area (Å²) in [6, 6.07) is 3.77. The zero-order valence-corrected chi connectivity index (χ0v) is 16.3. The van der Waals surface area contributed by atoms with E-state index in [9.17, 15) is 4.79 Å². The van der Waals surface area contributed by atoms with E-state index in [2.05, 4.69) is 21.8 Å². The van der Waals surface area contributed by atoms with Crippen molar-refractivity contribution in [2.45, 2.75) is 40.2 Å². The average molecular weight is 367 g/mol. The summed E-state index contributed by atoms with van der Waals surface area (Å²) < 4.78 is 6.93. The van der Waals surface area contributed by atoms with Crippen molar-refractivity contribution in [3.63, 3.8) is 0 Å². The molecule has 0 spiro atoms. The van der Waals surface area contributed by atoms with E-state index in [4.69, 9.17) is 4.74 Å². The number of aromatic nitrogens is 3. The topological polar surface area (TPSA) is 57.0 Å². The number of carbonyl (C=O) groups excluding carboxylic acids is 1. The molecule has 3 aromatic heterocycles. The van der Waals surface area contributed by atoms with Gasteiger partial charge in [0.2, 0.25) is 0 Å². The Morgan fingerprint density at radius 2 is 2.12 bits per heavy atom. The lowest BCUT2D eigenvalue weighted by atomic mass is 10.2. The molecule has 0 saturated carbocycles. The van der Waals surface area contributed by atoms with Crippen LogP contribution in [0.3, 0.4) is 0 Å². The summed E-state index contributed by atoms with van der Waals surface area (Å²) in [6.45, 7) is 9.60. The van der Waals surface area contributed by atoms with Crippen molar-refractivity contribution in [2.75, 3.05) is 0 Å². The van der Waals surface area contributed by atoms with Crippen molar-refractivity contribution in [1.82, 2.24) is 14.5 Å². The molecule has 26 heavy (non-hydrogen) atoms. The molecule has 0 unspecified atom stereocenters. The monoisotopic (exact) mass is 367 g/mol. The second kappa shape index (κ2) is 6.93. The summed E-state index contributed by atoms with van der Waals surface area (Å²) in [5.74, 6) is 6.50. The summed E-state index contributed by atoms with van der Waals surface area (Å²) in [5.41, 5.74) is 1.60. The summed E-state index contributed by atoms with van der Waals surface area (Å²) in [5, 5.41) is 3.56. The first kappa shape index (κ1) is 18.2. The van der Waals surface area contributed by atoms with Gasteiger partial charge in [-0.15, -0.1) is 11.3 Å². The van der Waals surface area contributed by atoms with Crippen LogP contribution in [-0.2, 0) is 4.74 Å². The third kappa shape index (κ3) is 3.94. The van der Waals surface area contributed by atoms with Crippen LogP contribution in [-0.4, -0.2) is 26.2 Å². The van der Waals surface area contributed by atoms with Crippen LogP contribution in [0.25, 0.3) is 22.3 Å². The maximum atomic E-state index is 12.6. The van der Waals surface area contributed by atoms with Crippen molar-refractivity contribution < 1.29 is 9.53 Å². The van der Waals surface area contributed by atoms with Crippen molar-refractivity contribution in [1.29, 1.82) is 0 Å². The predicted octanol–water partition coefficient (Wildman–Crippen LogP) is 4.95. The Balaban J connectivity index is 2.05. The number of fused-ring (bicyclic) bond motifs is 1. The van der Waals surface area contributed by atoms with Crippen molar-refractivity contribution in [2.24, 2.45) is 5.92 Å². The van der Waals surface area contributed by atoms with Crippen molar-refractivity contribution >= 4 is 28.5 Å². The summed E-state index contributed by atoms with van der Waals surface area (Å²) >= 11 is 1.49. The molecule has 0 fully saturated rings. The molecule has 0 aliphatic rings. The van der Waals surface area contributed by atoms with Gasteiger partial charge in [-0.3, -0.25) is 0 Å². The Morgan fingerprint density at radius 1 is 1.35 bits per heavy atom. The Labute approximate surface area is 157 Å². The van der Waals surface area contributed by atoms with Gasteiger partial charge in [-0.25, -0.2) is 19.3 Å². The molecular weight excluding hydrogens is 346 g/mol. The van der Waals surface area contributed by atoms with Gasteiger partial charge in [-0.2, -0.15) is 0 Å². The van der Waals surface area contributed by atoms with Gasteiger partial charge < -0.3 is 4.74 Å². The highest BCUT2D eigenvalue weighted by atomic mass is 32.1. The number of thiazole rings is 1. The molecule has 0 amide bonds. The van der Waals surface area contributed by atoms with E-state index in [0.29, 0.717) is 11.6 Å². The SMILES string of the molecule is CC(C)C#Cc1nc(-c2cn(C(=O)OC(C)(C)C)c3ncccc23)cs1. The molecule has 3 heterocycles. The van der Waals surface area contributed by atoms with Gasteiger partial charge in [-0.1, -0.05) is 19.8 Å². The van der Waals surface area contributed by atoms with Gasteiger partial charge in [0, 0.05) is 34.6 Å². The fourth-order valence-electron chi connectivity index (χ4n) is 2.37. The molecule has 0 saturated heterocycles. The van der Waals surface area contributed by atoms with Crippen LogP contribution in [0.5, 0.6) is 0 Å². The van der Waals surface area contributed by atoms with E-state index in [0.717, 1.165) is 21.7 Å². The van der Waals surface area contributed by atoms with Gasteiger partial charge in [0.15, 0.2) is 5.01 Å². The van der Waals surface area contributed by atoms with Crippen LogP contribution in [0.4, 0.5) is 4.79 Å². The standard InChI is InChI=1S/C20H21N3O2S/c1-13(2)8-9-17-22-16(12-26-17)15-11-23(19(24)25-20(3,4)5)18-14(15)7-6-10-21-18/h6-7,10-13H,1-5H3. The minimum absolute atomic E-state index is 0.292. The molecule has 3 aromatic rings. The number of nitrogens with zero attached hydrogens (tertiary/aromatic N) is 3. The van der Waals surface area contributed by atoms with E-state index in [1.807, 2.05) is 52.1 Å². The molecule has 6 heteroatoms. The smallest absolute Gasteiger partial charge is 0.420 e. The van der Waals surface area contributed by atoms with Crippen LogP contribution >= 0.6 is 11.3 Å². The largest absolute Gasteiger partial charge is 0.443 e.